The van der Waals surface area contributed by atoms with Crippen LogP contribution >= 0.6 is 0 Å². The van der Waals surface area contributed by atoms with Gasteiger partial charge >= 0.3 is 0 Å². The number of benzene rings is 1. The highest BCUT2D eigenvalue weighted by Gasteiger charge is 2.13. The second-order valence-corrected chi connectivity index (χ2v) is 6.01. The first-order valence-electron chi connectivity index (χ1n) is 8.13. The van der Waals surface area contributed by atoms with Gasteiger partial charge in [-0.2, -0.15) is 0 Å². The number of aryl methyl sites for hydroxylation is 2. The molecule has 0 bridgehead atoms. The molecule has 1 aromatic carbocycles. The summed E-state index contributed by atoms with van der Waals surface area (Å²) in [5.74, 6) is 0.747. The number of methoxy groups -OCH3 is 1. The lowest BCUT2D eigenvalue weighted by Gasteiger charge is -2.17. The molecule has 2 heteroatoms. The zero-order valence-electron chi connectivity index (χ0n) is 13.1. The third-order valence-corrected chi connectivity index (χ3v) is 4.30. The molecule has 1 atom stereocenters. The van der Waals surface area contributed by atoms with Crippen LogP contribution < -0.4 is 5.32 Å². The van der Waals surface area contributed by atoms with Crippen molar-refractivity contribution in [3.63, 3.8) is 0 Å². The van der Waals surface area contributed by atoms with Gasteiger partial charge in [-0.25, -0.2) is 0 Å². The Morgan fingerprint density at radius 2 is 2.10 bits per heavy atom. The van der Waals surface area contributed by atoms with Crippen molar-refractivity contribution in [1.82, 2.24) is 5.32 Å². The van der Waals surface area contributed by atoms with Gasteiger partial charge in [0.2, 0.25) is 0 Å². The second-order valence-electron chi connectivity index (χ2n) is 6.01. The molecule has 0 amide bonds. The van der Waals surface area contributed by atoms with Gasteiger partial charge in [-0.3, -0.25) is 0 Å². The van der Waals surface area contributed by atoms with Gasteiger partial charge in [0.15, 0.2) is 0 Å². The second kappa shape index (κ2) is 8.43. The normalized spacial score (nSPS) is 15.3. The summed E-state index contributed by atoms with van der Waals surface area (Å²) in [7, 11) is 1.76. The third-order valence-electron chi connectivity index (χ3n) is 4.30. The molecule has 0 saturated carbocycles. The van der Waals surface area contributed by atoms with Crippen LogP contribution in [0.2, 0.25) is 0 Å². The highest BCUT2D eigenvalue weighted by molar-refractivity contribution is 5.35. The van der Waals surface area contributed by atoms with Gasteiger partial charge in [0.25, 0.3) is 0 Å². The van der Waals surface area contributed by atoms with Gasteiger partial charge in [-0.15, -0.1) is 0 Å². The average molecular weight is 275 g/mol. The molecule has 0 fully saturated rings. The van der Waals surface area contributed by atoms with Crippen molar-refractivity contribution in [3.8, 4) is 0 Å². The van der Waals surface area contributed by atoms with Crippen molar-refractivity contribution in [3.05, 3.63) is 34.9 Å². The molecule has 20 heavy (non-hydrogen) atoms. The zero-order valence-corrected chi connectivity index (χ0v) is 13.1. The molecule has 2 nitrogen and oxygen atoms in total. The molecule has 0 saturated heterocycles. The molecule has 0 heterocycles. The Balaban J connectivity index is 1.86. The van der Waals surface area contributed by atoms with Crippen LogP contribution in [-0.2, 0) is 24.0 Å². The topological polar surface area (TPSA) is 21.3 Å². The fraction of sp³-hybridized carbons (Fsp3) is 0.667. The van der Waals surface area contributed by atoms with Crippen LogP contribution in [0.3, 0.4) is 0 Å². The van der Waals surface area contributed by atoms with Gasteiger partial charge in [0, 0.05) is 13.7 Å². The van der Waals surface area contributed by atoms with Crippen molar-refractivity contribution < 1.29 is 4.74 Å². The molecular weight excluding hydrogens is 246 g/mol. The van der Waals surface area contributed by atoms with E-state index in [1.807, 2.05) is 0 Å². The van der Waals surface area contributed by atoms with E-state index in [-0.39, 0.29) is 0 Å². The van der Waals surface area contributed by atoms with E-state index in [0.717, 1.165) is 25.6 Å². The van der Waals surface area contributed by atoms with Crippen molar-refractivity contribution in [2.75, 3.05) is 26.8 Å². The number of nitrogens with one attached hydrogen (secondary N) is 1. The molecule has 1 aliphatic carbocycles. The van der Waals surface area contributed by atoms with Gasteiger partial charge in [0.05, 0.1) is 6.61 Å². The summed E-state index contributed by atoms with van der Waals surface area (Å²) in [5, 5.41) is 3.52. The van der Waals surface area contributed by atoms with E-state index in [4.69, 9.17) is 4.74 Å². The van der Waals surface area contributed by atoms with E-state index in [9.17, 15) is 0 Å². The predicted octanol–water partition coefficient (Wildman–Crippen LogP) is 3.37. The summed E-state index contributed by atoms with van der Waals surface area (Å²) in [4.78, 5) is 0. The molecule has 1 aromatic rings. The smallest absolute Gasteiger partial charge is 0.0587 e. The van der Waals surface area contributed by atoms with Gasteiger partial charge in [0.1, 0.15) is 0 Å². The van der Waals surface area contributed by atoms with Gasteiger partial charge in [-0.1, -0.05) is 31.5 Å². The van der Waals surface area contributed by atoms with Crippen LogP contribution in [0, 0.1) is 5.92 Å². The quantitative estimate of drug-likeness (QED) is 0.698. The van der Waals surface area contributed by atoms with E-state index in [1.54, 1.807) is 18.2 Å². The minimum Gasteiger partial charge on any atom is -0.383 e. The van der Waals surface area contributed by atoms with Crippen LogP contribution in [-0.4, -0.2) is 26.8 Å². The van der Waals surface area contributed by atoms with E-state index in [0.29, 0.717) is 0 Å². The molecule has 0 aliphatic heterocycles. The lowest BCUT2D eigenvalue weighted by atomic mass is 9.93. The van der Waals surface area contributed by atoms with E-state index >= 15 is 0 Å². The van der Waals surface area contributed by atoms with Crippen molar-refractivity contribution >= 4 is 0 Å². The Bertz CT molecular complexity index is 402. The van der Waals surface area contributed by atoms with Crippen LogP contribution in [0.4, 0.5) is 0 Å². The molecule has 112 valence electrons. The van der Waals surface area contributed by atoms with Gasteiger partial charge < -0.3 is 10.1 Å². The van der Waals surface area contributed by atoms with Crippen molar-refractivity contribution in [2.45, 2.75) is 45.4 Å². The highest BCUT2D eigenvalue weighted by atomic mass is 16.5. The first kappa shape index (κ1) is 15.5. The van der Waals surface area contributed by atoms with Crippen molar-refractivity contribution in [1.29, 1.82) is 0 Å². The Morgan fingerprint density at radius 1 is 1.25 bits per heavy atom. The maximum Gasteiger partial charge on any atom is 0.0587 e. The molecule has 2 rings (SSSR count). The standard InChI is InChI=1S/C18H29NO/c1-3-5-16(14-19-10-11-20-2)12-15-8-9-17-6-4-7-18(17)13-15/h8-9,13,16,19H,3-7,10-12,14H2,1-2H3. The zero-order chi connectivity index (χ0) is 14.2. The predicted molar refractivity (Wildman–Crippen MR) is 85.3 cm³/mol. The molecule has 1 N–H and O–H groups in total. The number of ether oxygens (including phenoxy) is 1. The SMILES string of the molecule is CCCC(CNCCOC)Cc1ccc2c(c1)CCC2. The summed E-state index contributed by atoms with van der Waals surface area (Å²) in [5.41, 5.74) is 4.71. The fourth-order valence-corrected chi connectivity index (χ4v) is 3.25. The molecule has 0 spiro atoms. The molecule has 1 aliphatic rings. The fourth-order valence-electron chi connectivity index (χ4n) is 3.25. The van der Waals surface area contributed by atoms with E-state index in [1.165, 1.54) is 44.1 Å². The third kappa shape index (κ3) is 4.60. The number of hydrogen-bond donors (Lipinski definition) is 1. The average Bonchev–Trinajstić information content (AvgIpc) is 2.91. The van der Waals surface area contributed by atoms with Crippen molar-refractivity contribution in [2.24, 2.45) is 5.92 Å². The van der Waals surface area contributed by atoms with Crippen LogP contribution in [0.5, 0.6) is 0 Å². The van der Waals surface area contributed by atoms with Crippen LogP contribution in [0.25, 0.3) is 0 Å². The lowest BCUT2D eigenvalue weighted by Crippen LogP contribution is -2.27. The largest absolute Gasteiger partial charge is 0.383 e. The first-order chi connectivity index (χ1) is 9.83. The van der Waals surface area contributed by atoms with Gasteiger partial charge in [-0.05, 0) is 61.3 Å². The molecule has 0 aromatic heterocycles. The maximum absolute atomic E-state index is 5.09. The number of hydrogen-bond acceptors (Lipinski definition) is 2. The summed E-state index contributed by atoms with van der Waals surface area (Å²) in [6.45, 7) is 5.15. The number of rotatable bonds is 9. The lowest BCUT2D eigenvalue weighted by molar-refractivity contribution is 0.197. The number of fused-ring (bicyclic) bond motifs is 1. The Kier molecular flexibility index (Phi) is 6.55. The van der Waals surface area contributed by atoms with E-state index < -0.39 is 0 Å². The Morgan fingerprint density at radius 3 is 2.90 bits per heavy atom. The summed E-state index contributed by atoms with van der Waals surface area (Å²) >= 11 is 0. The summed E-state index contributed by atoms with van der Waals surface area (Å²) in [6, 6.07) is 7.17. The monoisotopic (exact) mass is 275 g/mol. The molecule has 1 unspecified atom stereocenters. The minimum absolute atomic E-state index is 0.747. The van der Waals surface area contributed by atoms with Crippen LogP contribution in [0.15, 0.2) is 18.2 Å². The Labute approximate surface area is 123 Å². The molecule has 0 radical (unpaired) electrons. The maximum atomic E-state index is 5.09. The molecular formula is C18H29NO. The Hall–Kier alpha value is -0.860. The highest BCUT2D eigenvalue weighted by Crippen LogP contribution is 2.24. The first-order valence-corrected chi connectivity index (χ1v) is 8.13. The summed E-state index contributed by atoms with van der Waals surface area (Å²) in [6.07, 6.45) is 7.69. The summed E-state index contributed by atoms with van der Waals surface area (Å²) < 4.78 is 5.09. The minimum atomic E-state index is 0.747. The van der Waals surface area contributed by atoms with Crippen LogP contribution in [0.1, 0.15) is 42.9 Å². The van der Waals surface area contributed by atoms with E-state index in [2.05, 4.69) is 30.4 Å².